The lowest BCUT2D eigenvalue weighted by atomic mass is 9.79. The van der Waals surface area contributed by atoms with Crippen molar-refractivity contribution in [2.45, 2.75) is 18.9 Å². The van der Waals surface area contributed by atoms with Crippen molar-refractivity contribution in [1.82, 2.24) is 0 Å². The molecule has 1 aliphatic carbocycles. The number of hydrogen-bond acceptors (Lipinski definition) is 3. The predicted octanol–water partition coefficient (Wildman–Crippen LogP) is 0.207. The van der Waals surface area contributed by atoms with Crippen LogP contribution in [0.15, 0.2) is 23.9 Å². The Morgan fingerprint density at radius 3 is 2.85 bits per heavy atom. The lowest BCUT2D eigenvalue weighted by molar-refractivity contribution is -0.141. The van der Waals surface area contributed by atoms with Gasteiger partial charge in [0.2, 0.25) is 0 Å². The molecule has 1 aliphatic rings. The number of carboxylic acid groups (broad SMARTS) is 1. The van der Waals surface area contributed by atoms with Crippen LogP contribution in [0.4, 0.5) is 0 Å². The van der Waals surface area contributed by atoms with Gasteiger partial charge in [-0.05, 0) is 18.6 Å². The summed E-state index contributed by atoms with van der Waals surface area (Å²) in [6.07, 6.45) is 5.29. The van der Waals surface area contributed by atoms with E-state index in [4.69, 9.17) is 16.6 Å². The van der Waals surface area contributed by atoms with Crippen LogP contribution in [-0.2, 0) is 4.79 Å². The Balaban J connectivity index is 3.01. The molecule has 0 aromatic rings. The van der Waals surface area contributed by atoms with Crippen LogP contribution in [0, 0.1) is 5.92 Å². The van der Waals surface area contributed by atoms with Crippen molar-refractivity contribution < 1.29 is 9.90 Å². The summed E-state index contributed by atoms with van der Waals surface area (Å²) < 4.78 is 0. The second kappa shape index (κ2) is 3.22. The van der Waals surface area contributed by atoms with E-state index in [9.17, 15) is 4.79 Å². The van der Waals surface area contributed by atoms with Crippen molar-refractivity contribution in [2.24, 2.45) is 17.4 Å². The molecule has 4 heteroatoms. The Bertz CT molecular complexity index is 283. The molecule has 0 saturated heterocycles. The van der Waals surface area contributed by atoms with Crippen molar-refractivity contribution in [1.29, 1.82) is 0 Å². The van der Waals surface area contributed by atoms with Crippen LogP contribution in [0.5, 0.6) is 0 Å². The summed E-state index contributed by atoms with van der Waals surface area (Å²) in [5.74, 6) is -1.59. The first-order valence-corrected chi connectivity index (χ1v) is 4.18. The maximum atomic E-state index is 10.8. The smallest absolute Gasteiger partial charge is 0.312 e. The molecule has 13 heavy (non-hydrogen) atoms. The van der Waals surface area contributed by atoms with Crippen molar-refractivity contribution in [3.05, 3.63) is 23.9 Å². The molecule has 0 spiro atoms. The zero-order chi connectivity index (χ0) is 10.1. The second-order valence-electron chi connectivity index (χ2n) is 3.29. The van der Waals surface area contributed by atoms with Gasteiger partial charge in [0.05, 0.1) is 11.5 Å². The number of carboxylic acids is 1. The van der Waals surface area contributed by atoms with Crippen LogP contribution in [0.2, 0.25) is 0 Å². The minimum absolute atomic E-state index is 0.529. The maximum Gasteiger partial charge on any atom is 0.312 e. The molecule has 0 amide bonds. The Hall–Kier alpha value is -1.29. The van der Waals surface area contributed by atoms with Crippen molar-refractivity contribution in [3.8, 4) is 0 Å². The maximum absolute atomic E-state index is 10.8. The Kier molecular flexibility index (Phi) is 2.43. The highest BCUT2D eigenvalue weighted by Crippen LogP contribution is 2.26. The SMILES string of the molecule is CCC1(N)C=C(N)C=CC1C(=O)O. The number of hydrogen-bond donors (Lipinski definition) is 3. The van der Waals surface area contributed by atoms with Crippen molar-refractivity contribution in [3.63, 3.8) is 0 Å². The van der Waals surface area contributed by atoms with E-state index in [0.717, 1.165) is 0 Å². The minimum Gasteiger partial charge on any atom is -0.481 e. The fraction of sp³-hybridized carbons (Fsp3) is 0.444. The van der Waals surface area contributed by atoms with Gasteiger partial charge >= 0.3 is 5.97 Å². The molecular formula is C9H14N2O2. The summed E-state index contributed by atoms with van der Waals surface area (Å²) in [7, 11) is 0. The van der Waals surface area contributed by atoms with Crippen LogP contribution in [0.1, 0.15) is 13.3 Å². The van der Waals surface area contributed by atoms with Crippen molar-refractivity contribution >= 4 is 5.97 Å². The number of carbonyl (C=O) groups is 1. The molecule has 4 nitrogen and oxygen atoms in total. The second-order valence-corrected chi connectivity index (χ2v) is 3.29. The predicted molar refractivity (Wildman–Crippen MR) is 49.7 cm³/mol. The molecule has 0 radical (unpaired) electrons. The van der Waals surface area contributed by atoms with E-state index in [1.807, 2.05) is 6.92 Å². The van der Waals surface area contributed by atoms with Gasteiger partial charge in [-0.2, -0.15) is 0 Å². The lowest BCUT2D eigenvalue weighted by Gasteiger charge is -2.32. The van der Waals surface area contributed by atoms with Crippen LogP contribution in [0.3, 0.4) is 0 Å². The van der Waals surface area contributed by atoms with E-state index in [1.165, 1.54) is 0 Å². The third-order valence-electron chi connectivity index (χ3n) is 2.37. The lowest BCUT2D eigenvalue weighted by Crippen LogP contribution is -2.49. The highest BCUT2D eigenvalue weighted by atomic mass is 16.4. The van der Waals surface area contributed by atoms with Crippen molar-refractivity contribution in [2.75, 3.05) is 0 Å². The molecule has 0 aromatic carbocycles. The highest BCUT2D eigenvalue weighted by molar-refractivity contribution is 5.75. The average Bonchev–Trinajstić information content (AvgIpc) is 2.03. The van der Waals surface area contributed by atoms with Gasteiger partial charge in [0, 0.05) is 5.70 Å². The van der Waals surface area contributed by atoms with Crippen LogP contribution >= 0.6 is 0 Å². The van der Waals surface area contributed by atoms with Gasteiger partial charge in [0.15, 0.2) is 0 Å². The number of nitrogens with two attached hydrogens (primary N) is 2. The average molecular weight is 182 g/mol. The van der Waals surface area contributed by atoms with Gasteiger partial charge in [0.25, 0.3) is 0 Å². The largest absolute Gasteiger partial charge is 0.481 e. The summed E-state index contributed by atoms with van der Waals surface area (Å²) in [6, 6.07) is 0. The van der Waals surface area contributed by atoms with Gasteiger partial charge in [-0.3, -0.25) is 4.79 Å². The molecule has 2 unspecified atom stereocenters. The Morgan fingerprint density at radius 1 is 1.77 bits per heavy atom. The zero-order valence-corrected chi connectivity index (χ0v) is 7.53. The summed E-state index contributed by atoms with van der Waals surface area (Å²) in [5, 5.41) is 8.89. The van der Waals surface area contributed by atoms with Gasteiger partial charge < -0.3 is 16.6 Å². The molecule has 72 valence electrons. The van der Waals surface area contributed by atoms with Gasteiger partial charge in [-0.1, -0.05) is 13.0 Å². The van der Waals surface area contributed by atoms with E-state index in [2.05, 4.69) is 0 Å². The first kappa shape index (κ1) is 9.80. The topological polar surface area (TPSA) is 89.3 Å². The first-order valence-electron chi connectivity index (χ1n) is 4.18. The van der Waals surface area contributed by atoms with Crippen LogP contribution < -0.4 is 11.5 Å². The number of rotatable bonds is 2. The molecule has 5 N–H and O–H groups in total. The van der Waals surface area contributed by atoms with E-state index in [-0.39, 0.29) is 0 Å². The third kappa shape index (κ3) is 1.72. The molecule has 0 aliphatic heterocycles. The number of allylic oxidation sites excluding steroid dienone is 1. The summed E-state index contributed by atoms with van der Waals surface area (Å²) in [6.45, 7) is 1.85. The van der Waals surface area contributed by atoms with Crippen LogP contribution in [0.25, 0.3) is 0 Å². The molecule has 0 aromatic heterocycles. The third-order valence-corrected chi connectivity index (χ3v) is 2.37. The molecule has 0 heterocycles. The molecule has 0 bridgehead atoms. The molecule has 1 rings (SSSR count). The Labute approximate surface area is 76.9 Å². The van der Waals surface area contributed by atoms with Gasteiger partial charge in [-0.25, -0.2) is 0 Å². The standard InChI is InChI=1S/C9H14N2O2/c1-2-9(11)5-6(10)3-4-7(9)8(12)13/h3-5,7H,2,10-11H2,1H3,(H,12,13). The monoisotopic (exact) mass is 182 g/mol. The fourth-order valence-electron chi connectivity index (χ4n) is 1.47. The molecular weight excluding hydrogens is 168 g/mol. The fourth-order valence-corrected chi connectivity index (χ4v) is 1.47. The zero-order valence-electron chi connectivity index (χ0n) is 7.53. The van der Waals surface area contributed by atoms with Gasteiger partial charge in [-0.15, -0.1) is 0 Å². The van der Waals surface area contributed by atoms with Crippen LogP contribution in [-0.4, -0.2) is 16.6 Å². The number of aliphatic carboxylic acids is 1. The normalized spacial score (nSPS) is 32.8. The first-order chi connectivity index (χ1) is 5.99. The molecule has 0 saturated carbocycles. The Morgan fingerprint density at radius 2 is 2.38 bits per heavy atom. The summed E-state index contributed by atoms with van der Waals surface area (Å²) >= 11 is 0. The summed E-state index contributed by atoms with van der Waals surface area (Å²) in [4.78, 5) is 10.8. The highest BCUT2D eigenvalue weighted by Gasteiger charge is 2.36. The minimum atomic E-state index is -0.913. The molecule has 2 atom stereocenters. The van der Waals surface area contributed by atoms with E-state index in [1.54, 1.807) is 18.2 Å². The molecule has 0 fully saturated rings. The van der Waals surface area contributed by atoms with E-state index in [0.29, 0.717) is 12.1 Å². The quantitative estimate of drug-likeness (QED) is 0.569. The van der Waals surface area contributed by atoms with E-state index < -0.39 is 17.4 Å². The summed E-state index contributed by atoms with van der Waals surface area (Å²) in [5.41, 5.74) is 11.1. The van der Waals surface area contributed by atoms with E-state index >= 15 is 0 Å². The van der Waals surface area contributed by atoms with Gasteiger partial charge in [0.1, 0.15) is 0 Å².